The third-order valence-corrected chi connectivity index (χ3v) is 5.72. The first-order valence-electron chi connectivity index (χ1n) is 10.1. The summed E-state index contributed by atoms with van der Waals surface area (Å²) < 4.78 is 0. The highest BCUT2D eigenvalue weighted by Gasteiger charge is 2.11. The minimum Gasteiger partial charge on any atom is -0.254 e. The van der Waals surface area contributed by atoms with Gasteiger partial charge in [-0.25, -0.2) is 4.98 Å². The van der Waals surface area contributed by atoms with E-state index in [1.165, 1.54) is 21.9 Å². The Morgan fingerprint density at radius 2 is 1.13 bits per heavy atom. The highest BCUT2D eigenvalue weighted by atomic mass is 14.7. The van der Waals surface area contributed by atoms with Crippen molar-refractivity contribution in [2.24, 2.45) is 0 Å². The second-order valence-corrected chi connectivity index (χ2v) is 7.48. The smallest absolute Gasteiger partial charge is 0.0972 e. The Kier molecular flexibility index (Phi) is 3.82. The summed E-state index contributed by atoms with van der Waals surface area (Å²) >= 11 is 0. The molecule has 140 valence electrons. The van der Waals surface area contributed by atoms with Gasteiger partial charge >= 0.3 is 0 Å². The van der Waals surface area contributed by atoms with Crippen molar-refractivity contribution >= 4 is 32.6 Å². The minimum atomic E-state index is 0.946. The Balaban J connectivity index is 1.62. The summed E-state index contributed by atoms with van der Waals surface area (Å²) in [4.78, 5) is 9.66. The van der Waals surface area contributed by atoms with Gasteiger partial charge in [-0.15, -0.1) is 0 Å². The second-order valence-electron chi connectivity index (χ2n) is 7.48. The lowest BCUT2D eigenvalue weighted by molar-refractivity contribution is 1.37. The lowest BCUT2D eigenvalue weighted by Gasteiger charge is -2.12. The molecule has 0 saturated heterocycles. The molecule has 0 aliphatic carbocycles. The number of aromatic nitrogens is 2. The van der Waals surface area contributed by atoms with Crippen LogP contribution in [0, 0.1) is 0 Å². The lowest BCUT2D eigenvalue weighted by Crippen LogP contribution is -1.91. The Morgan fingerprint density at radius 3 is 1.97 bits per heavy atom. The molecule has 2 heterocycles. The first kappa shape index (κ1) is 16.9. The van der Waals surface area contributed by atoms with Crippen LogP contribution in [-0.4, -0.2) is 9.97 Å². The first-order valence-corrected chi connectivity index (χ1v) is 10.1. The molecular formula is C28H18N2. The van der Waals surface area contributed by atoms with Gasteiger partial charge in [-0.2, -0.15) is 0 Å². The van der Waals surface area contributed by atoms with Crippen molar-refractivity contribution in [2.75, 3.05) is 0 Å². The number of nitrogens with zero attached hydrogens (tertiary/aromatic N) is 2. The number of hydrogen-bond acceptors (Lipinski definition) is 2. The number of pyridine rings is 2. The van der Waals surface area contributed by atoms with Gasteiger partial charge < -0.3 is 0 Å². The Labute approximate surface area is 174 Å². The third-order valence-electron chi connectivity index (χ3n) is 5.72. The maximum absolute atomic E-state index is 5.06. The first-order chi connectivity index (χ1) is 14.9. The van der Waals surface area contributed by atoms with Crippen molar-refractivity contribution in [2.45, 2.75) is 0 Å². The van der Waals surface area contributed by atoms with Gasteiger partial charge in [0.25, 0.3) is 0 Å². The van der Waals surface area contributed by atoms with Crippen LogP contribution in [0.3, 0.4) is 0 Å². The van der Waals surface area contributed by atoms with E-state index in [0.717, 1.165) is 33.1 Å². The van der Waals surface area contributed by atoms with Crippen molar-refractivity contribution < 1.29 is 0 Å². The van der Waals surface area contributed by atoms with Crippen molar-refractivity contribution in [1.29, 1.82) is 0 Å². The van der Waals surface area contributed by atoms with Crippen molar-refractivity contribution in [3.8, 4) is 22.4 Å². The van der Waals surface area contributed by atoms with Crippen LogP contribution >= 0.6 is 0 Å². The molecule has 0 unspecified atom stereocenters. The van der Waals surface area contributed by atoms with E-state index in [4.69, 9.17) is 4.98 Å². The Morgan fingerprint density at radius 1 is 0.467 bits per heavy atom. The molecule has 6 rings (SSSR count). The molecule has 0 spiro atoms. The van der Waals surface area contributed by atoms with Gasteiger partial charge in [-0.1, -0.05) is 91.0 Å². The molecule has 4 aromatic carbocycles. The molecule has 0 aliphatic heterocycles. The zero-order valence-electron chi connectivity index (χ0n) is 16.3. The summed E-state index contributed by atoms with van der Waals surface area (Å²) in [5.74, 6) is 0. The van der Waals surface area contributed by atoms with Crippen molar-refractivity contribution in [1.82, 2.24) is 9.97 Å². The van der Waals surface area contributed by atoms with E-state index >= 15 is 0 Å². The molecular weight excluding hydrogens is 364 g/mol. The monoisotopic (exact) mass is 382 g/mol. The third kappa shape index (κ3) is 2.66. The Bertz CT molecular complexity index is 1540. The van der Waals surface area contributed by atoms with Crippen LogP contribution in [0.2, 0.25) is 0 Å². The molecule has 0 saturated carbocycles. The van der Waals surface area contributed by atoms with Gasteiger partial charge in [0.15, 0.2) is 0 Å². The molecule has 0 atom stereocenters. The van der Waals surface area contributed by atoms with Crippen LogP contribution in [-0.2, 0) is 0 Å². The van der Waals surface area contributed by atoms with Crippen LogP contribution in [0.4, 0.5) is 0 Å². The molecule has 0 aliphatic rings. The summed E-state index contributed by atoms with van der Waals surface area (Å²) in [5, 5.41) is 4.66. The second kappa shape index (κ2) is 6.78. The van der Waals surface area contributed by atoms with E-state index in [-0.39, 0.29) is 0 Å². The van der Waals surface area contributed by atoms with Gasteiger partial charge in [0.2, 0.25) is 0 Å². The summed E-state index contributed by atoms with van der Waals surface area (Å²) in [6.45, 7) is 0. The summed E-state index contributed by atoms with van der Waals surface area (Å²) in [6.07, 6.45) is 1.83. The predicted octanol–water partition coefficient (Wildman–Crippen LogP) is 7.27. The fourth-order valence-corrected chi connectivity index (χ4v) is 4.27. The standard InChI is InChI=1S/C28H18N2/c1-2-7-19(8-3-1)22-15-16-25(24-11-5-4-10-23(22)24)26-17-14-21-13-12-20-9-6-18-29-27(20)28(21)30-26/h1-18H. The molecule has 0 bridgehead atoms. The zero-order valence-corrected chi connectivity index (χ0v) is 16.3. The van der Waals surface area contributed by atoms with E-state index in [2.05, 4.69) is 102 Å². The fraction of sp³-hybridized carbons (Fsp3) is 0. The normalized spacial score (nSPS) is 11.3. The molecule has 0 N–H and O–H groups in total. The van der Waals surface area contributed by atoms with Gasteiger partial charge in [-0.3, -0.25) is 4.98 Å². The van der Waals surface area contributed by atoms with Gasteiger partial charge in [0, 0.05) is 22.5 Å². The van der Waals surface area contributed by atoms with Crippen LogP contribution in [0.1, 0.15) is 0 Å². The highest BCUT2D eigenvalue weighted by molar-refractivity contribution is 6.07. The largest absolute Gasteiger partial charge is 0.254 e. The average molecular weight is 382 g/mol. The maximum atomic E-state index is 5.06. The molecule has 0 radical (unpaired) electrons. The highest BCUT2D eigenvalue weighted by Crippen LogP contribution is 2.36. The van der Waals surface area contributed by atoms with Gasteiger partial charge in [0.05, 0.1) is 16.7 Å². The van der Waals surface area contributed by atoms with Crippen molar-refractivity contribution in [3.05, 3.63) is 109 Å². The van der Waals surface area contributed by atoms with Gasteiger partial charge in [0.1, 0.15) is 0 Å². The predicted molar refractivity (Wildman–Crippen MR) is 125 cm³/mol. The van der Waals surface area contributed by atoms with Gasteiger partial charge in [-0.05, 0) is 34.0 Å². The van der Waals surface area contributed by atoms with Crippen LogP contribution in [0.25, 0.3) is 55.0 Å². The van der Waals surface area contributed by atoms with E-state index in [0.29, 0.717) is 0 Å². The zero-order chi connectivity index (χ0) is 19.9. The summed E-state index contributed by atoms with van der Waals surface area (Å²) in [7, 11) is 0. The lowest BCUT2D eigenvalue weighted by atomic mass is 9.93. The maximum Gasteiger partial charge on any atom is 0.0972 e. The summed E-state index contributed by atoms with van der Waals surface area (Å²) in [5.41, 5.74) is 6.46. The number of rotatable bonds is 2. The SMILES string of the molecule is c1ccc(-c2ccc(-c3ccc4ccc5cccnc5c4n3)c3ccccc23)cc1. The molecule has 0 amide bonds. The molecule has 6 aromatic rings. The minimum absolute atomic E-state index is 0.946. The number of fused-ring (bicyclic) bond motifs is 4. The van der Waals surface area contributed by atoms with Crippen molar-refractivity contribution in [3.63, 3.8) is 0 Å². The number of benzene rings is 4. The molecule has 2 nitrogen and oxygen atoms in total. The van der Waals surface area contributed by atoms with E-state index in [9.17, 15) is 0 Å². The van der Waals surface area contributed by atoms with E-state index in [1.807, 2.05) is 12.3 Å². The molecule has 0 fully saturated rings. The van der Waals surface area contributed by atoms with E-state index in [1.54, 1.807) is 0 Å². The van der Waals surface area contributed by atoms with E-state index < -0.39 is 0 Å². The summed E-state index contributed by atoms with van der Waals surface area (Å²) in [6, 6.07) is 36.0. The Hall–Kier alpha value is -4.04. The fourth-order valence-electron chi connectivity index (χ4n) is 4.27. The topological polar surface area (TPSA) is 25.8 Å². The molecule has 2 heteroatoms. The molecule has 30 heavy (non-hydrogen) atoms. The molecule has 2 aromatic heterocycles. The number of hydrogen-bond donors (Lipinski definition) is 0. The quantitative estimate of drug-likeness (QED) is 0.294. The average Bonchev–Trinajstić information content (AvgIpc) is 2.83. The van der Waals surface area contributed by atoms with Crippen LogP contribution in [0.5, 0.6) is 0 Å². The van der Waals surface area contributed by atoms with Crippen LogP contribution in [0.15, 0.2) is 109 Å². The van der Waals surface area contributed by atoms with Crippen LogP contribution < -0.4 is 0 Å².